The summed E-state index contributed by atoms with van der Waals surface area (Å²) in [5.74, 6) is 0.205. The van der Waals surface area contributed by atoms with Crippen molar-refractivity contribution in [3.8, 4) is 5.75 Å². The van der Waals surface area contributed by atoms with Crippen LogP contribution in [-0.4, -0.2) is 23.1 Å². The van der Waals surface area contributed by atoms with Crippen LogP contribution in [-0.2, 0) is 4.79 Å². The quantitative estimate of drug-likeness (QED) is 0.496. The van der Waals surface area contributed by atoms with Gasteiger partial charge in [-0.1, -0.05) is 18.2 Å². The molecule has 1 amide bonds. The molecule has 0 bridgehead atoms. The molecule has 0 spiro atoms. The summed E-state index contributed by atoms with van der Waals surface area (Å²) in [6.07, 6.45) is 0. The van der Waals surface area contributed by atoms with Gasteiger partial charge in [-0.25, -0.2) is 5.43 Å². The van der Waals surface area contributed by atoms with E-state index < -0.39 is 10.8 Å². The maximum absolute atomic E-state index is 11.8. The molecule has 0 aliphatic rings. The van der Waals surface area contributed by atoms with Crippen molar-refractivity contribution in [1.82, 2.24) is 5.43 Å². The van der Waals surface area contributed by atoms with Gasteiger partial charge in [-0.2, -0.15) is 5.10 Å². The molecule has 1 N–H and O–H groups in total. The van der Waals surface area contributed by atoms with Crippen molar-refractivity contribution in [2.75, 3.05) is 6.61 Å². The van der Waals surface area contributed by atoms with E-state index in [2.05, 4.69) is 10.5 Å². The predicted molar refractivity (Wildman–Crippen MR) is 94.9 cm³/mol. The van der Waals surface area contributed by atoms with E-state index in [-0.39, 0.29) is 12.3 Å². The highest BCUT2D eigenvalue weighted by molar-refractivity contribution is 5.99. The number of nitro groups is 1. The molecule has 0 atom stereocenters. The summed E-state index contributed by atoms with van der Waals surface area (Å²) in [6, 6.07) is 11.8. The highest BCUT2D eigenvalue weighted by Crippen LogP contribution is 2.16. The summed E-state index contributed by atoms with van der Waals surface area (Å²) >= 11 is 0. The minimum atomic E-state index is -0.479. The largest absolute Gasteiger partial charge is 0.484 e. The van der Waals surface area contributed by atoms with Crippen LogP contribution in [0.3, 0.4) is 0 Å². The van der Waals surface area contributed by atoms with Crippen molar-refractivity contribution < 1.29 is 14.5 Å². The lowest BCUT2D eigenvalue weighted by molar-refractivity contribution is -0.384. The number of carbonyl (C=O) groups is 1. The van der Waals surface area contributed by atoms with Crippen molar-refractivity contribution in [3.05, 3.63) is 69.3 Å². The smallest absolute Gasteiger partial charge is 0.277 e. The molecule has 130 valence electrons. The second kappa shape index (κ2) is 8.05. The molecule has 7 heteroatoms. The number of hydrazone groups is 1. The monoisotopic (exact) mass is 341 g/mol. The van der Waals surface area contributed by atoms with E-state index in [0.717, 1.165) is 11.1 Å². The van der Waals surface area contributed by atoms with Gasteiger partial charge in [0.25, 0.3) is 11.6 Å². The Bertz CT molecular complexity index is 811. The molecular weight excluding hydrogens is 322 g/mol. The molecule has 25 heavy (non-hydrogen) atoms. The SMILES string of the molecule is C/C(=N\NC(=O)COc1cc(C)cc(C)c1)c1cccc([N+](=O)[O-])c1. The van der Waals surface area contributed by atoms with Crippen LogP contribution < -0.4 is 10.2 Å². The Labute approximate surface area is 145 Å². The molecule has 0 fully saturated rings. The van der Waals surface area contributed by atoms with Crippen LogP contribution in [0.5, 0.6) is 5.75 Å². The Morgan fingerprint density at radius 2 is 1.88 bits per heavy atom. The van der Waals surface area contributed by atoms with Crippen molar-refractivity contribution in [2.24, 2.45) is 5.10 Å². The van der Waals surface area contributed by atoms with Crippen LogP contribution in [0.1, 0.15) is 23.6 Å². The molecule has 0 aromatic heterocycles. The predicted octanol–water partition coefficient (Wildman–Crippen LogP) is 3.13. The third kappa shape index (κ3) is 5.42. The van der Waals surface area contributed by atoms with Crippen molar-refractivity contribution in [1.29, 1.82) is 0 Å². The lowest BCUT2D eigenvalue weighted by Crippen LogP contribution is -2.25. The first-order valence-electron chi connectivity index (χ1n) is 7.64. The van der Waals surface area contributed by atoms with Gasteiger partial charge < -0.3 is 4.74 Å². The first kappa shape index (κ1) is 18.1. The van der Waals surface area contributed by atoms with Crippen LogP contribution in [0.2, 0.25) is 0 Å². The average molecular weight is 341 g/mol. The minimum absolute atomic E-state index is 0.0310. The number of ether oxygens (including phenoxy) is 1. The minimum Gasteiger partial charge on any atom is -0.484 e. The van der Waals surface area contributed by atoms with Gasteiger partial charge in [0.1, 0.15) is 5.75 Å². The molecule has 0 aliphatic carbocycles. The third-order valence-corrected chi connectivity index (χ3v) is 3.39. The Morgan fingerprint density at radius 1 is 1.20 bits per heavy atom. The topological polar surface area (TPSA) is 93.8 Å². The lowest BCUT2D eigenvalue weighted by Gasteiger charge is -2.07. The number of hydrogen-bond acceptors (Lipinski definition) is 5. The Hall–Kier alpha value is -3.22. The summed E-state index contributed by atoms with van der Waals surface area (Å²) in [4.78, 5) is 22.2. The number of nitro benzene ring substituents is 1. The molecule has 0 saturated carbocycles. The van der Waals surface area contributed by atoms with Crippen molar-refractivity contribution in [2.45, 2.75) is 20.8 Å². The highest BCUT2D eigenvalue weighted by atomic mass is 16.6. The van der Waals surface area contributed by atoms with Crippen molar-refractivity contribution >= 4 is 17.3 Å². The fourth-order valence-corrected chi connectivity index (χ4v) is 2.25. The number of rotatable bonds is 6. The molecule has 0 radical (unpaired) electrons. The maximum atomic E-state index is 11.8. The van der Waals surface area contributed by atoms with E-state index in [1.165, 1.54) is 12.1 Å². The van der Waals surface area contributed by atoms with E-state index in [1.54, 1.807) is 19.1 Å². The summed E-state index contributed by atoms with van der Waals surface area (Å²) < 4.78 is 5.45. The van der Waals surface area contributed by atoms with Crippen LogP contribution in [0, 0.1) is 24.0 Å². The third-order valence-electron chi connectivity index (χ3n) is 3.39. The molecule has 0 heterocycles. The van der Waals surface area contributed by atoms with Gasteiger partial charge in [-0.05, 0) is 44.0 Å². The Balaban J connectivity index is 1.95. The number of carbonyl (C=O) groups excluding carboxylic acids is 1. The molecule has 0 saturated heterocycles. The van der Waals surface area contributed by atoms with E-state index in [9.17, 15) is 14.9 Å². The van der Waals surface area contributed by atoms with Crippen LogP contribution in [0.25, 0.3) is 0 Å². The molecular formula is C18H19N3O4. The van der Waals surface area contributed by atoms with Crippen LogP contribution in [0.4, 0.5) is 5.69 Å². The summed E-state index contributed by atoms with van der Waals surface area (Å²) in [5.41, 5.74) is 5.48. The van der Waals surface area contributed by atoms with Gasteiger partial charge in [0, 0.05) is 17.7 Å². The molecule has 2 aromatic rings. The van der Waals surface area contributed by atoms with Crippen LogP contribution in [0.15, 0.2) is 47.6 Å². The van der Waals surface area contributed by atoms with E-state index in [0.29, 0.717) is 17.0 Å². The zero-order chi connectivity index (χ0) is 18.4. The normalized spacial score (nSPS) is 11.1. The number of nitrogens with one attached hydrogen (secondary N) is 1. The van der Waals surface area contributed by atoms with Gasteiger partial charge in [-0.3, -0.25) is 14.9 Å². The standard InChI is InChI=1S/C18H19N3O4/c1-12-7-13(2)9-17(8-12)25-11-18(22)20-19-14(3)15-5-4-6-16(10-15)21(23)24/h4-10H,11H2,1-3H3,(H,20,22)/b19-14+. The Morgan fingerprint density at radius 3 is 2.52 bits per heavy atom. The summed E-state index contributed by atoms with van der Waals surface area (Å²) in [7, 11) is 0. The van der Waals surface area contributed by atoms with E-state index in [4.69, 9.17) is 4.74 Å². The maximum Gasteiger partial charge on any atom is 0.277 e. The number of hydrogen-bond donors (Lipinski definition) is 1. The second-order valence-electron chi connectivity index (χ2n) is 5.65. The average Bonchev–Trinajstić information content (AvgIpc) is 2.57. The first-order chi connectivity index (χ1) is 11.8. The lowest BCUT2D eigenvalue weighted by atomic mass is 10.1. The van der Waals surface area contributed by atoms with Gasteiger partial charge in [0.2, 0.25) is 0 Å². The van der Waals surface area contributed by atoms with Gasteiger partial charge in [-0.15, -0.1) is 0 Å². The van der Waals surface area contributed by atoms with Crippen molar-refractivity contribution in [3.63, 3.8) is 0 Å². The molecule has 2 aromatic carbocycles. The second-order valence-corrected chi connectivity index (χ2v) is 5.65. The summed E-state index contributed by atoms with van der Waals surface area (Å²) in [5, 5.41) is 14.7. The molecule has 2 rings (SSSR count). The Kier molecular flexibility index (Phi) is 5.84. The number of nitrogens with zero attached hydrogens (tertiary/aromatic N) is 2. The number of benzene rings is 2. The fraction of sp³-hybridized carbons (Fsp3) is 0.222. The first-order valence-corrected chi connectivity index (χ1v) is 7.64. The zero-order valence-corrected chi connectivity index (χ0v) is 14.3. The fourth-order valence-electron chi connectivity index (χ4n) is 2.25. The van der Waals surface area contributed by atoms with Crippen LogP contribution >= 0.6 is 0 Å². The number of amides is 1. The molecule has 7 nitrogen and oxygen atoms in total. The van der Waals surface area contributed by atoms with E-state index >= 15 is 0 Å². The number of aryl methyl sites for hydroxylation is 2. The number of non-ortho nitro benzene ring substituents is 1. The molecule has 0 unspecified atom stereocenters. The van der Waals surface area contributed by atoms with Gasteiger partial charge in [0.15, 0.2) is 6.61 Å². The zero-order valence-electron chi connectivity index (χ0n) is 14.3. The molecule has 0 aliphatic heterocycles. The van der Waals surface area contributed by atoms with E-state index in [1.807, 2.05) is 32.0 Å². The van der Waals surface area contributed by atoms with Gasteiger partial charge in [0.05, 0.1) is 10.6 Å². The summed E-state index contributed by atoms with van der Waals surface area (Å²) in [6.45, 7) is 5.39. The van der Waals surface area contributed by atoms with Gasteiger partial charge >= 0.3 is 0 Å². The highest BCUT2D eigenvalue weighted by Gasteiger charge is 2.08.